The molecule has 2 N–H and O–H groups in total. The van der Waals surface area contributed by atoms with Crippen LogP contribution in [-0.4, -0.2) is 54.1 Å². The first-order valence-electron chi connectivity index (χ1n) is 6.10. The molecule has 0 spiro atoms. The van der Waals surface area contributed by atoms with Crippen molar-refractivity contribution in [3.8, 4) is 0 Å². The lowest BCUT2D eigenvalue weighted by Gasteiger charge is -2.35. The molecule has 1 aliphatic rings. The minimum absolute atomic E-state index is 0.472. The molecule has 2 rings (SSSR count). The maximum absolute atomic E-state index is 5.02. The summed E-state index contributed by atoms with van der Waals surface area (Å²) in [6.07, 6.45) is 0.778. The van der Waals surface area contributed by atoms with Crippen molar-refractivity contribution in [2.45, 2.75) is 32.4 Å². The number of rotatable bonds is 4. The van der Waals surface area contributed by atoms with Crippen LogP contribution in [0.5, 0.6) is 0 Å². The molecule has 1 aromatic rings. The molecule has 2 atom stereocenters. The number of aromatic amines is 1. The van der Waals surface area contributed by atoms with Gasteiger partial charge in [-0.3, -0.25) is 5.10 Å². The minimum Gasteiger partial charge on any atom is -0.384 e. The van der Waals surface area contributed by atoms with Crippen LogP contribution in [0.25, 0.3) is 0 Å². The van der Waals surface area contributed by atoms with Gasteiger partial charge >= 0.3 is 0 Å². The van der Waals surface area contributed by atoms with Crippen molar-refractivity contribution in [3.05, 3.63) is 5.82 Å². The number of ether oxygens (including phenoxy) is 1. The Balaban J connectivity index is 1.98. The van der Waals surface area contributed by atoms with Crippen LogP contribution in [0.1, 0.15) is 19.7 Å². The molecular formula is C11H21N5O. The van der Waals surface area contributed by atoms with Crippen LogP contribution in [0.4, 0.5) is 5.95 Å². The topological polar surface area (TPSA) is 66.1 Å². The molecule has 1 aliphatic heterocycles. The smallest absolute Gasteiger partial charge is 0.244 e. The Morgan fingerprint density at radius 1 is 1.35 bits per heavy atom. The Kier molecular flexibility index (Phi) is 3.96. The Labute approximate surface area is 102 Å². The number of aromatic nitrogens is 3. The molecule has 96 valence electrons. The average Bonchev–Trinajstić information content (AvgIpc) is 2.73. The van der Waals surface area contributed by atoms with Crippen molar-refractivity contribution in [2.24, 2.45) is 0 Å². The first-order chi connectivity index (χ1) is 8.19. The summed E-state index contributed by atoms with van der Waals surface area (Å²) in [7, 11) is 1.69. The fraction of sp³-hybridized carbons (Fsp3) is 0.818. The first-order valence-corrected chi connectivity index (χ1v) is 6.10. The number of nitrogens with zero attached hydrogens (tertiary/aromatic N) is 3. The van der Waals surface area contributed by atoms with Crippen molar-refractivity contribution in [1.29, 1.82) is 0 Å². The fourth-order valence-corrected chi connectivity index (χ4v) is 2.23. The first kappa shape index (κ1) is 12.3. The predicted molar refractivity (Wildman–Crippen MR) is 66.2 cm³/mol. The highest BCUT2D eigenvalue weighted by Gasteiger charge is 2.23. The third kappa shape index (κ3) is 3.17. The molecule has 6 nitrogen and oxygen atoms in total. The largest absolute Gasteiger partial charge is 0.384 e. The molecule has 0 saturated carbocycles. The summed E-state index contributed by atoms with van der Waals surface area (Å²) in [6, 6.07) is 0.944. The molecule has 1 saturated heterocycles. The summed E-state index contributed by atoms with van der Waals surface area (Å²) in [4.78, 5) is 6.71. The van der Waals surface area contributed by atoms with Gasteiger partial charge in [-0.2, -0.15) is 4.98 Å². The van der Waals surface area contributed by atoms with E-state index < -0.39 is 0 Å². The number of H-pyrrole nitrogens is 1. The highest BCUT2D eigenvalue weighted by molar-refractivity contribution is 5.30. The standard InChI is InChI=1S/C11H21N5O/c1-8-6-16(7-9(2)12-8)11-13-10(14-15-11)4-5-17-3/h8-9,12H,4-7H2,1-3H3,(H,13,14,15). The molecule has 0 aromatic carbocycles. The quantitative estimate of drug-likeness (QED) is 0.784. The van der Waals surface area contributed by atoms with E-state index in [4.69, 9.17) is 4.74 Å². The van der Waals surface area contributed by atoms with Gasteiger partial charge in [0.05, 0.1) is 6.61 Å². The second-order valence-electron chi connectivity index (χ2n) is 4.70. The van der Waals surface area contributed by atoms with Gasteiger partial charge in [-0.1, -0.05) is 0 Å². The molecule has 2 unspecified atom stereocenters. The molecule has 0 radical (unpaired) electrons. The summed E-state index contributed by atoms with van der Waals surface area (Å²) in [5, 5.41) is 10.7. The molecule has 2 heterocycles. The van der Waals surface area contributed by atoms with Crippen LogP contribution in [0.2, 0.25) is 0 Å². The van der Waals surface area contributed by atoms with E-state index in [0.29, 0.717) is 18.7 Å². The number of anilines is 1. The van der Waals surface area contributed by atoms with Crippen molar-refractivity contribution >= 4 is 5.95 Å². The molecule has 1 aromatic heterocycles. The molecule has 17 heavy (non-hydrogen) atoms. The van der Waals surface area contributed by atoms with E-state index in [9.17, 15) is 0 Å². The maximum Gasteiger partial charge on any atom is 0.244 e. The van der Waals surface area contributed by atoms with Crippen LogP contribution in [0, 0.1) is 0 Å². The molecule has 0 bridgehead atoms. The summed E-state index contributed by atoms with van der Waals surface area (Å²) in [5.74, 6) is 1.69. The van der Waals surface area contributed by atoms with E-state index in [2.05, 4.69) is 39.2 Å². The van der Waals surface area contributed by atoms with E-state index in [1.54, 1.807) is 7.11 Å². The third-order valence-electron chi connectivity index (χ3n) is 2.90. The zero-order valence-corrected chi connectivity index (χ0v) is 10.7. The normalized spacial score (nSPS) is 25.2. The molecular weight excluding hydrogens is 218 g/mol. The second-order valence-corrected chi connectivity index (χ2v) is 4.70. The van der Waals surface area contributed by atoms with Gasteiger partial charge in [0.15, 0.2) is 0 Å². The zero-order valence-electron chi connectivity index (χ0n) is 10.7. The van der Waals surface area contributed by atoms with Gasteiger partial charge in [0.2, 0.25) is 5.95 Å². The summed E-state index contributed by atoms with van der Waals surface area (Å²) >= 11 is 0. The Morgan fingerprint density at radius 3 is 2.71 bits per heavy atom. The Hall–Kier alpha value is -1.14. The molecule has 0 aliphatic carbocycles. The number of piperazine rings is 1. The Bertz CT molecular complexity index is 343. The van der Waals surface area contributed by atoms with Gasteiger partial charge in [0.1, 0.15) is 5.82 Å². The van der Waals surface area contributed by atoms with Crippen LogP contribution in [0.3, 0.4) is 0 Å². The highest BCUT2D eigenvalue weighted by atomic mass is 16.5. The second kappa shape index (κ2) is 5.46. The van der Waals surface area contributed by atoms with Crippen LogP contribution in [0.15, 0.2) is 0 Å². The van der Waals surface area contributed by atoms with Gasteiger partial charge in [-0.05, 0) is 13.8 Å². The lowest BCUT2D eigenvalue weighted by Crippen LogP contribution is -2.54. The fourth-order valence-electron chi connectivity index (χ4n) is 2.23. The predicted octanol–water partition coefficient (Wildman–Crippen LogP) is 0.180. The van der Waals surface area contributed by atoms with Gasteiger partial charge in [0, 0.05) is 38.7 Å². The van der Waals surface area contributed by atoms with Gasteiger partial charge in [-0.25, -0.2) is 0 Å². The average molecular weight is 239 g/mol. The monoisotopic (exact) mass is 239 g/mol. The van der Waals surface area contributed by atoms with Gasteiger partial charge in [0.25, 0.3) is 0 Å². The molecule has 0 amide bonds. The number of nitrogens with one attached hydrogen (secondary N) is 2. The lowest BCUT2D eigenvalue weighted by atomic mass is 10.1. The molecule has 6 heteroatoms. The van der Waals surface area contributed by atoms with Crippen LogP contribution in [-0.2, 0) is 11.2 Å². The Morgan fingerprint density at radius 2 is 2.06 bits per heavy atom. The van der Waals surface area contributed by atoms with E-state index in [1.807, 2.05) is 0 Å². The number of hydrogen-bond donors (Lipinski definition) is 2. The van der Waals surface area contributed by atoms with Crippen LogP contribution >= 0.6 is 0 Å². The summed E-state index contributed by atoms with van der Waals surface area (Å²) in [6.45, 7) is 6.93. The summed E-state index contributed by atoms with van der Waals surface area (Å²) in [5.41, 5.74) is 0. The van der Waals surface area contributed by atoms with Gasteiger partial charge < -0.3 is 15.0 Å². The molecule has 1 fully saturated rings. The van der Waals surface area contributed by atoms with E-state index >= 15 is 0 Å². The zero-order chi connectivity index (χ0) is 12.3. The number of hydrogen-bond acceptors (Lipinski definition) is 5. The lowest BCUT2D eigenvalue weighted by molar-refractivity contribution is 0.200. The SMILES string of the molecule is COCCc1nc(N2CC(C)NC(C)C2)n[nH]1. The van der Waals surface area contributed by atoms with E-state index in [0.717, 1.165) is 31.3 Å². The minimum atomic E-state index is 0.472. The van der Waals surface area contributed by atoms with Crippen molar-refractivity contribution in [3.63, 3.8) is 0 Å². The van der Waals surface area contributed by atoms with Gasteiger partial charge in [-0.15, -0.1) is 5.10 Å². The van der Waals surface area contributed by atoms with E-state index in [1.165, 1.54) is 0 Å². The summed E-state index contributed by atoms with van der Waals surface area (Å²) < 4.78 is 5.02. The maximum atomic E-state index is 5.02. The van der Waals surface area contributed by atoms with Crippen molar-refractivity contribution in [1.82, 2.24) is 20.5 Å². The number of methoxy groups -OCH3 is 1. The van der Waals surface area contributed by atoms with Crippen molar-refractivity contribution in [2.75, 3.05) is 31.7 Å². The van der Waals surface area contributed by atoms with Crippen LogP contribution < -0.4 is 10.2 Å². The van der Waals surface area contributed by atoms with E-state index in [-0.39, 0.29) is 0 Å². The van der Waals surface area contributed by atoms with Crippen molar-refractivity contribution < 1.29 is 4.74 Å². The highest BCUT2D eigenvalue weighted by Crippen LogP contribution is 2.12. The third-order valence-corrected chi connectivity index (χ3v) is 2.90.